The number of hydrogen-bond acceptors (Lipinski definition) is 8. The van der Waals surface area contributed by atoms with Crippen LogP contribution >= 0.6 is 0 Å². The number of benzene rings is 1. The number of amides is 2. The van der Waals surface area contributed by atoms with Crippen LogP contribution in [0, 0.1) is 11.8 Å². The molecule has 2 amide bonds. The van der Waals surface area contributed by atoms with Crippen LogP contribution in [0.3, 0.4) is 0 Å². The van der Waals surface area contributed by atoms with E-state index in [-0.39, 0.29) is 44.8 Å². The first-order chi connectivity index (χ1) is 18.5. The SMILES string of the molecule is O=C1OCCCC/C=C\[C@H]2O[C@]34C=CCN(Cn5nnc6ccccc65)C(=O)C3N(CCCO)C(=O)[C@@H]4[C@@H]12. The molecule has 1 N–H and O–H groups in total. The van der Waals surface area contributed by atoms with E-state index in [1.165, 1.54) is 4.90 Å². The van der Waals surface area contributed by atoms with Crippen LogP contribution in [0.2, 0.25) is 0 Å². The van der Waals surface area contributed by atoms with Gasteiger partial charge in [-0.2, -0.15) is 0 Å². The molecule has 1 aromatic carbocycles. The van der Waals surface area contributed by atoms with E-state index in [9.17, 15) is 19.5 Å². The fourth-order valence-corrected chi connectivity index (χ4v) is 6.25. The van der Waals surface area contributed by atoms with Crippen molar-refractivity contribution in [2.45, 2.75) is 50.1 Å². The van der Waals surface area contributed by atoms with Gasteiger partial charge in [0.2, 0.25) is 5.91 Å². The third kappa shape index (κ3) is 3.92. The van der Waals surface area contributed by atoms with Gasteiger partial charge in [0, 0.05) is 19.7 Å². The summed E-state index contributed by atoms with van der Waals surface area (Å²) >= 11 is 0. The van der Waals surface area contributed by atoms with Gasteiger partial charge in [0.05, 0.1) is 24.1 Å². The highest BCUT2D eigenvalue weighted by molar-refractivity contribution is 5.99. The second-order valence-corrected chi connectivity index (χ2v) is 10.2. The fourth-order valence-electron chi connectivity index (χ4n) is 6.25. The van der Waals surface area contributed by atoms with Crippen molar-refractivity contribution in [1.82, 2.24) is 24.8 Å². The van der Waals surface area contributed by atoms with Crippen LogP contribution < -0.4 is 0 Å². The first kappa shape index (κ1) is 24.7. The van der Waals surface area contributed by atoms with E-state index < -0.39 is 35.6 Å². The molecule has 11 heteroatoms. The average Bonchev–Trinajstić information content (AvgIpc) is 3.51. The lowest BCUT2D eigenvalue weighted by molar-refractivity contribution is -0.155. The minimum atomic E-state index is -1.32. The number of allylic oxidation sites excluding steroid dienone is 1. The lowest BCUT2D eigenvalue weighted by Gasteiger charge is -2.35. The maximum absolute atomic E-state index is 14.2. The highest BCUT2D eigenvalue weighted by atomic mass is 16.6. The van der Waals surface area contributed by atoms with E-state index in [2.05, 4.69) is 10.3 Å². The van der Waals surface area contributed by atoms with Crippen molar-refractivity contribution in [2.24, 2.45) is 11.8 Å². The van der Waals surface area contributed by atoms with Gasteiger partial charge in [0.15, 0.2) is 0 Å². The number of fused-ring (bicyclic) bond motifs is 3. The second kappa shape index (κ2) is 9.95. The fraction of sp³-hybridized carbons (Fsp3) is 0.519. The van der Waals surface area contributed by atoms with E-state index in [0.29, 0.717) is 6.42 Å². The highest BCUT2D eigenvalue weighted by Crippen LogP contribution is 2.53. The van der Waals surface area contributed by atoms with Crippen molar-refractivity contribution < 1.29 is 29.0 Å². The van der Waals surface area contributed by atoms with Crippen LogP contribution in [-0.2, 0) is 30.5 Å². The van der Waals surface area contributed by atoms with E-state index >= 15 is 0 Å². The molecule has 0 radical (unpaired) electrons. The zero-order valence-corrected chi connectivity index (χ0v) is 21.0. The average molecular weight is 522 g/mol. The van der Waals surface area contributed by atoms with E-state index in [0.717, 1.165) is 30.3 Å². The third-order valence-electron chi connectivity index (χ3n) is 7.97. The summed E-state index contributed by atoms with van der Waals surface area (Å²) in [6, 6.07) is 6.51. The second-order valence-electron chi connectivity index (χ2n) is 10.2. The lowest BCUT2D eigenvalue weighted by Crippen LogP contribution is -2.55. The molecule has 0 saturated carbocycles. The Bertz CT molecular complexity index is 1310. The Morgan fingerprint density at radius 3 is 2.84 bits per heavy atom. The Kier molecular flexibility index (Phi) is 6.48. The molecule has 5 atom stereocenters. The van der Waals surface area contributed by atoms with Crippen molar-refractivity contribution in [1.29, 1.82) is 0 Å². The van der Waals surface area contributed by atoms with E-state index in [4.69, 9.17) is 9.47 Å². The number of cyclic esters (lactones) is 1. The van der Waals surface area contributed by atoms with Gasteiger partial charge in [-0.25, -0.2) is 4.68 Å². The minimum Gasteiger partial charge on any atom is -0.465 e. The number of hydrogen-bond donors (Lipinski definition) is 1. The number of esters is 1. The summed E-state index contributed by atoms with van der Waals surface area (Å²) in [5.41, 5.74) is 0.182. The molecule has 200 valence electrons. The normalized spacial score (nSPS) is 32.1. The standard InChI is InChI=1S/C27H31N5O6/c33-15-8-14-31-23-25(35)30(17-32-19-10-5-4-9-18(19)28-29-32)13-7-12-27(23)22(24(31)34)21-20(38-27)11-3-1-2-6-16-37-26(21)36/h3-5,7,9-12,20-23,33H,1-2,6,8,13-17H2/b11-3-/t20-,21+,22+,23?,27+/m1/s1. The Labute approximate surface area is 219 Å². The summed E-state index contributed by atoms with van der Waals surface area (Å²) in [6.07, 6.45) is 9.52. The number of aliphatic hydroxyl groups is 1. The summed E-state index contributed by atoms with van der Waals surface area (Å²) in [5, 5.41) is 17.9. The molecule has 11 nitrogen and oxygen atoms in total. The quantitative estimate of drug-likeness (QED) is 0.457. The molecule has 0 aliphatic carbocycles. The molecule has 1 aromatic heterocycles. The molecule has 6 rings (SSSR count). The zero-order chi connectivity index (χ0) is 26.3. The summed E-state index contributed by atoms with van der Waals surface area (Å²) in [4.78, 5) is 44.6. The van der Waals surface area contributed by atoms with Gasteiger partial charge in [0.1, 0.15) is 29.7 Å². The molecule has 2 fully saturated rings. The minimum absolute atomic E-state index is 0.134. The summed E-state index contributed by atoms with van der Waals surface area (Å²) in [6.45, 7) is 0.737. The molecular formula is C27H31N5O6. The number of carbonyl (C=O) groups excluding carboxylic acids is 3. The Morgan fingerprint density at radius 2 is 1.97 bits per heavy atom. The maximum atomic E-state index is 14.2. The lowest BCUT2D eigenvalue weighted by atomic mass is 9.78. The number of likely N-dealkylation sites (tertiary alicyclic amines) is 1. The molecule has 1 spiro atoms. The van der Waals surface area contributed by atoms with Crippen LogP contribution in [0.1, 0.15) is 25.7 Å². The van der Waals surface area contributed by atoms with Crippen molar-refractivity contribution in [3.63, 3.8) is 0 Å². The monoisotopic (exact) mass is 521 g/mol. The molecule has 4 aliphatic rings. The van der Waals surface area contributed by atoms with Crippen molar-refractivity contribution in [2.75, 3.05) is 26.3 Å². The number of ether oxygens (including phenoxy) is 2. The molecule has 1 unspecified atom stereocenters. The summed E-state index contributed by atoms with van der Waals surface area (Å²) < 4.78 is 13.8. The van der Waals surface area contributed by atoms with Crippen molar-refractivity contribution in [3.05, 3.63) is 48.6 Å². The molecule has 2 aromatic rings. The van der Waals surface area contributed by atoms with Gasteiger partial charge < -0.3 is 24.4 Å². The topological polar surface area (TPSA) is 127 Å². The number of rotatable bonds is 5. The van der Waals surface area contributed by atoms with Gasteiger partial charge in [-0.1, -0.05) is 41.7 Å². The largest absolute Gasteiger partial charge is 0.465 e. The molecular weight excluding hydrogens is 490 g/mol. The van der Waals surface area contributed by atoms with Gasteiger partial charge in [-0.3, -0.25) is 14.4 Å². The highest BCUT2D eigenvalue weighted by Gasteiger charge is 2.71. The van der Waals surface area contributed by atoms with Gasteiger partial charge >= 0.3 is 5.97 Å². The molecule has 38 heavy (non-hydrogen) atoms. The van der Waals surface area contributed by atoms with Crippen LogP contribution in [0.5, 0.6) is 0 Å². The smallest absolute Gasteiger partial charge is 0.312 e. The summed E-state index contributed by atoms with van der Waals surface area (Å²) in [5.74, 6) is -2.87. The predicted molar refractivity (Wildman–Crippen MR) is 134 cm³/mol. The molecule has 2 saturated heterocycles. The Hall–Kier alpha value is -3.57. The molecule has 5 heterocycles. The van der Waals surface area contributed by atoms with Gasteiger partial charge in [-0.05, 0) is 37.8 Å². The number of carbonyl (C=O) groups is 3. The van der Waals surface area contributed by atoms with Crippen LogP contribution in [-0.4, -0.2) is 91.7 Å². The van der Waals surface area contributed by atoms with Crippen molar-refractivity contribution >= 4 is 28.8 Å². The third-order valence-corrected chi connectivity index (χ3v) is 7.97. The first-order valence-corrected chi connectivity index (χ1v) is 13.2. The van der Waals surface area contributed by atoms with Crippen LogP contribution in [0.4, 0.5) is 0 Å². The maximum Gasteiger partial charge on any atom is 0.312 e. The Balaban J connectivity index is 1.39. The zero-order valence-electron chi connectivity index (χ0n) is 21.0. The van der Waals surface area contributed by atoms with Crippen molar-refractivity contribution in [3.8, 4) is 0 Å². The number of nitrogens with zero attached hydrogens (tertiary/aromatic N) is 5. The van der Waals surface area contributed by atoms with Crippen LogP contribution in [0.25, 0.3) is 11.0 Å². The number of aliphatic hydroxyl groups excluding tert-OH is 1. The van der Waals surface area contributed by atoms with Crippen LogP contribution in [0.15, 0.2) is 48.6 Å². The van der Waals surface area contributed by atoms with E-state index in [1.54, 1.807) is 15.7 Å². The summed E-state index contributed by atoms with van der Waals surface area (Å²) in [7, 11) is 0. The molecule has 4 aliphatic heterocycles. The van der Waals surface area contributed by atoms with E-state index in [1.807, 2.05) is 42.5 Å². The Morgan fingerprint density at radius 1 is 1.11 bits per heavy atom. The number of para-hydroxylation sites is 1. The number of aromatic nitrogens is 3. The molecule has 0 bridgehead atoms. The predicted octanol–water partition coefficient (Wildman–Crippen LogP) is 1.03. The van der Waals surface area contributed by atoms with Gasteiger partial charge in [-0.15, -0.1) is 5.10 Å². The first-order valence-electron chi connectivity index (χ1n) is 13.2. The van der Waals surface area contributed by atoms with Gasteiger partial charge in [0.25, 0.3) is 5.91 Å².